The number of rotatable bonds is 3. The molecule has 2 aromatic rings. The van der Waals surface area contributed by atoms with Gasteiger partial charge in [-0.05, 0) is 30.2 Å². The van der Waals surface area contributed by atoms with Gasteiger partial charge in [0.15, 0.2) is 0 Å². The Kier molecular flexibility index (Phi) is 3.27. The van der Waals surface area contributed by atoms with Gasteiger partial charge in [-0.1, -0.05) is 12.1 Å². The maximum absolute atomic E-state index is 6.12. The maximum atomic E-state index is 6.12. The molecule has 0 aliphatic heterocycles. The van der Waals surface area contributed by atoms with Gasteiger partial charge in [0.1, 0.15) is 0 Å². The molecule has 0 saturated carbocycles. The second-order valence-corrected chi connectivity index (χ2v) is 3.86. The van der Waals surface area contributed by atoms with E-state index in [1.165, 1.54) is 5.56 Å². The number of aryl methyl sites for hydroxylation is 1. The van der Waals surface area contributed by atoms with Crippen LogP contribution in [0, 0.1) is 6.92 Å². The van der Waals surface area contributed by atoms with E-state index in [0.717, 1.165) is 17.7 Å². The molecule has 0 spiro atoms. The second kappa shape index (κ2) is 4.86. The summed E-state index contributed by atoms with van der Waals surface area (Å²) in [5.41, 5.74) is 9.40. The average Bonchev–Trinajstić information content (AvgIpc) is 2.33. The molecule has 0 aliphatic rings. The molecule has 0 fully saturated rings. The van der Waals surface area contributed by atoms with Gasteiger partial charge in [-0.2, -0.15) is 0 Å². The topological polar surface area (TPSA) is 51.8 Å². The highest BCUT2D eigenvalue weighted by molar-refractivity contribution is 5.22. The molecule has 3 heteroatoms. The van der Waals surface area contributed by atoms with Gasteiger partial charge in [-0.3, -0.25) is 9.97 Å². The molecule has 2 N–H and O–H groups in total. The summed E-state index contributed by atoms with van der Waals surface area (Å²) in [6, 6.07) is 7.85. The number of hydrogen-bond acceptors (Lipinski definition) is 3. The van der Waals surface area contributed by atoms with Crippen LogP contribution < -0.4 is 5.73 Å². The van der Waals surface area contributed by atoms with Crippen molar-refractivity contribution in [2.45, 2.75) is 19.4 Å². The molecule has 0 aliphatic carbocycles. The number of hydrogen-bond donors (Lipinski definition) is 1. The fraction of sp³-hybridized carbons (Fsp3) is 0.231. The molecule has 2 rings (SSSR count). The molecular weight excluding hydrogens is 198 g/mol. The van der Waals surface area contributed by atoms with E-state index >= 15 is 0 Å². The standard InChI is InChI=1S/C13H15N3/c1-10-4-2-7-16-13(10)8-12(14)11-5-3-6-15-9-11/h2-7,9,12H,8,14H2,1H3. The van der Waals surface area contributed by atoms with Crippen molar-refractivity contribution in [2.24, 2.45) is 5.73 Å². The van der Waals surface area contributed by atoms with Crippen LogP contribution in [0.4, 0.5) is 0 Å². The SMILES string of the molecule is Cc1cccnc1CC(N)c1cccnc1. The first kappa shape index (κ1) is 10.8. The van der Waals surface area contributed by atoms with Crippen LogP contribution in [-0.4, -0.2) is 9.97 Å². The number of nitrogens with zero attached hydrogens (tertiary/aromatic N) is 2. The highest BCUT2D eigenvalue weighted by Gasteiger charge is 2.09. The van der Waals surface area contributed by atoms with E-state index in [0.29, 0.717) is 0 Å². The minimum absolute atomic E-state index is 0.0395. The predicted octanol–water partition coefficient (Wildman–Crippen LogP) is 2.03. The summed E-state index contributed by atoms with van der Waals surface area (Å²) < 4.78 is 0. The monoisotopic (exact) mass is 213 g/mol. The van der Waals surface area contributed by atoms with Crippen LogP contribution in [0.5, 0.6) is 0 Å². The van der Waals surface area contributed by atoms with Crippen molar-refractivity contribution in [3.8, 4) is 0 Å². The van der Waals surface area contributed by atoms with E-state index in [1.807, 2.05) is 24.4 Å². The van der Waals surface area contributed by atoms with Gasteiger partial charge < -0.3 is 5.73 Å². The van der Waals surface area contributed by atoms with Crippen molar-refractivity contribution >= 4 is 0 Å². The molecule has 16 heavy (non-hydrogen) atoms. The minimum atomic E-state index is -0.0395. The van der Waals surface area contributed by atoms with Gasteiger partial charge in [0, 0.05) is 36.7 Å². The smallest absolute Gasteiger partial charge is 0.0451 e. The van der Waals surface area contributed by atoms with Crippen molar-refractivity contribution in [3.05, 3.63) is 59.7 Å². The third kappa shape index (κ3) is 2.44. The zero-order valence-electron chi connectivity index (χ0n) is 9.30. The van der Waals surface area contributed by atoms with Crippen LogP contribution in [0.1, 0.15) is 22.9 Å². The maximum Gasteiger partial charge on any atom is 0.0451 e. The molecule has 0 bridgehead atoms. The molecule has 1 unspecified atom stereocenters. The molecule has 0 aromatic carbocycles. The van der Waals surface area contributed by atoms with Gasteiger partial charge in [-0.15, -0.1) is 0 Å². The summed E-state index contributed by atoms with van der Waals surface area (Å²) in [6.45, 7) is 2.05. The zero-order valence-corrected chi connectivity index (χ0v) is 9.30. The van der Waals surface area contributed by atoms with Crippen LogP contribution >= 0.6 is 0 Å². The molecule has 3 nitrogen and oxygen atoms in total. The summed E-state index contributed by atoms with van der Waals surface area (Å²) in [5.74, 6) is 0. The summed E-state index contributed by atoms with van der Waals surface area (Å²) in [6.07, 6.45) is 6.11. The fourth-order valence-corrected chi connectivity index (χ4v) is 1.65. The van der Waals surface area contributed by atoms with Gasteiger partial charge in [0.05, 0.1) is 0 Å². The lowest BCUT2D eigenvalue weighted by molar-refractivity contribution is 0.699. The van der Waals surface area contributed by atoms with E-state index in [9.17, 15) is 0 Å². The van der Waals surface area contributed by atoms with E-state index in [2.05, 4.69) is 23.0 Å². The van der Waals surface area contributed by atoms with Gasteiger partial charge in [-0.25, -0.2) is 0 Å². The summed E-state index contributed by atoms with van der Waals surface area (Å²) in [4.78, 5) is 8.41. The third-order valence-corrected chi connectivity index (χ3v) is 2.64. The predicted molar refractivity (Wildman–Crippen MR) is 63.8 cm³/mol. The number of nitrogens with two attached hydrogens (primary N) is 1. The summed E-state index contributed by atoms with van der Waals surface area (Å²) >= 11 is 0. The molecule has 0 saturated heterocycles. The first-order valence-corrected chi connectivity index (χ1v) is 5.33. The van der Waals surface area contributed by atoms with E-state index in [1.54, 1.807) is 12.4 Å². The van der Waals surface area contributed by atoms with Gasteiger partial charge >= 0.3 is 0 Å². The van der Waals surface area contributed by atoms with Crippen LogP contribution in [0.15, 0.2) is 42.9 Å². The quantitative estimate of drug-likeness (QED) is 0.848. The van der Waals surface area contributed by atoms with E-state index in [-0.39, 0.29) is 6.04 Å². The van der Waals surface area contributed by atoms with E-state index in [4.69, 9.17) is 5.73 Å². The molecule has 0 radical (unpaired) electrons. The average molecular weight is 213 g/mol. The van der Waals surface area contributed by atoms with Crippen molar-refractivity contribution in [2.75, 3.05) is 0 Å². The largest absolute Gasteiger partial charge is 0.324 e. The molecule has 2 heterocycles. The van der Waals surface area contributed by atoms with E-state index < -0.39 is 0 Å². The summed E-state index contributed by atoms with van der Waals surface area (Å²) in [7, 11) is 0. The number of pyridine rings is 2. The zero-order chi connectivity index (χ0) is 11.4. The third-order valence-electron chi connectivity index (χ3n) is 2.64. The van der Waals surface area contributed by atoms with Crippen molar-refractivity contribution in [1.82, 2.24) is 9.97 Å². The van der Waals surface area contributed by atoms with Gasteiger partial charge in [0.2, 0.25) is 0 Å². The van der Waals surface area contributed by atoms with Crippen LogP contribution in [0.2, 0.25) is 0 Å². The van der Waals surface area contributed by atoms with Crippen molar-refractivity contribution in [1.29, 1.82) is 0 Å². The Balaban J connectivity index is 2.14. The fourth-order valence-electron chi connectivity index (χ4n) is 1.65. The lowest BCUT2D eigenvalue weighted by Crippen LogP contribution is -2.14. The van der Waals surface area contributed by atoms with Gasteiger partial charge in [0.25, 0.3) is 0 Å². The Morgan fingerprint density at radius 3 is 2.75 bits per heavy atom. The summed E-state index contributed by atoms with van der Waals surface area (Å²) in [5, 5.41) is 0. The number of aromatic nitrogens is 2. The van der Waals surface area contributed by atoms with Crippen molar-refractivity contribution < 1.29 is 0 Å². The molecule has 2 aromatic heterocycles. The highest BCUT2D eigenvalue weighted by atomic mass is 14.7. The van der Waals surface area contributed by atoms with Crippen molar-refractivity contribution in [3.63, 3.8) is 0 Å². The minimum Gasteiger partial charge on any atom is -0.324 e. The Morgan fingerprint density at radius 2 is 2.06 bits per heavy atom. The molecule has 82 valence electrons. The lowest BCUT2D eigenvalue weighted by Gasteiger charge is -2.12. The molecular formula is C13H15N3. The Morgan fingerprint density at radius 1 is 1.25 bits per heavy atom. The first-order valence-electron chi connectivity index (χ1n) is 5.33. The van der Waals surface area contributed by atoms with Crippen LogP contribution in [0.3, 0.4) is 0 Å². The second-order valence-electron chi connectivity index (χ2n) is 3.86. The molecule has 0 amide bonds. The van der Waals surface area contributed by atoms with Crippen LogP contribution in [0.25, 0.3) is 0 Å². The lowest BCUT2D eigenvalue weighted by atomic mass is 10.0. The Hall–Kier alpha value is -1.74. The normalized spacial score (nSPS) is 12.4. The van der Waals surface area contributed by atoms with Crippen LogP contribution in [-0.2, 0) is 6.42 Å². The first-order chi connectivity index (χ1) is 7.77. The Bertz CT molecular complexity index is 454. The Labute approximate surface area is 95.4 Å². The highest BCUT2D eigenvalue weighted by Crippen LogP contribution is 2.15. The molecule has 1 atom stereocenters.